The van der Waals surface area contributed by atoms with Crippen LogP contribution in [-0.4, -0.2) is 22.2 Å². The maximum Gasteiger partial charge on any atom is 0.249 e. The highest BCUT2D eigenvalue weighted by molar-refractivity contribution is 5.79. The van der Waals surface area contributed by atoms with Crippen molar-refractivity contribution in [2.24, 2.45) is 5.73 Å². The van der Waals surface area contributed by atoms with Gasteiger partial charge in [-0.05, 0) is 27.5 Å². The molecule has 0 spiro atoms. The zero-order valence-corrected chi connectivity index (χ0v) is 13.8. The normalized spacial score (nSPS) is 15.6. The Bertz CT molecular complexity index is 492. The van der Waals surface area contributed by atoms with Crippen LogP contribution >= 0.6 is 0 Å². The van der Waals surface area contributed by atoms with Crippen LogP contribution in [0, 0.1) is 0 Å². The van der Waals surface area contributed by atoms with Gasteiger partial charge in [0.1, 0.15) is 6.10 Å². The van der Waals surface area contributed by atoms with Gasteiger partial charge in [0.2, 0.25) is 5.91 Å². The van der Waals surface area contributed by atoms with Gasteiger partial charge >= 0.3 is 0 Å². The fourth-order valence-electron chi connectivity index (χ4n) is 2.03. The van der Waals surface area contributed by atoms with Gasteiger partial charge in [0.15, 0.2) is 6.10 Å². The van der Waals surface area contributed by atoms with Crippen LogP contribution in [0.5, 0.6) is 0 Å². The van der Waals surface area contributed by atoms with E-state index in [9.17, 15) is 15.0 Å². The van der Waals surface area contributed by atoms with Crippen LogP contribution in [-0.2, 0) is 15.6 Å². The van der Waals surface area contributed by atoms with Gasteiger partial charge in [0.25, 0.3) is 0 Å². The highest BCUT2D eigenvalue weighted by Gasteiger charge is 2.27. The topological polar surface area (TPSA) is 83.6 Å². The highest BCUT2D eigenvalue weighted by Crippen LogP contribution is 2.32. The van der Waals surface area contributed by atoms with Gasteiger partial charge in [-0.2, -0.15) is 0 Å². The van der Waals surface area contributed by atoms with E-state index in [1.54, 1.807) is 0 Å². The third-order valence-electron chi connectivity index (χ3n) is 3.62. The largest absolute Gasteiger partial charge is 0.385 e. The minimum absolute atomic E-state index is 0.104. The van der Waals surface area contributed by atoms with Crippen molar-refractivity contribution in [2.75, 3.05) is 0 Å². The summed E-state index contributed by atoms with van der Waals surface area (Å²) in [7, 11) is 0. The smallest absolute Gasteiger partial charge is 0.249 e. The van der Waals surface area contributed by atoms with Gasteiger partial charge in [0, 0.05) is 0 Å². The lowest BCUT2D eigenvalue weighted by Gasteiger charge is -2.27. The summed E-state index contributed by atoms with van der Waals surface area (Å²) in [5.74, 6) is -0.930. The molecule has 1 rings (SSSR count). The van der Waals surface area contributed by atoms with Crippen LogP contribution in [0.3, 0.4) is 0 Å². The first-order chi connectivity index (χ1) is 9.34. The van der Waals surface area contributed by atoms with E-state index in [0.717, 1.165) is 11.1 Å². The number of rotatable bonds is 3. The van der Waals surface area contributed by atoms with E-state index in [1.165, 1.54) is 0 Å². The fourth-order valence-corrected chi connectivity index (χ4v) is 2.03. The van der Waals surface area contributed by atoms with E-state index in [2.05, 4.69) is 47.6 Å². The van der Waals surface area contributed by atoms with Crippen molar-refractivity contribution in [1.82, 2.24) is 0 Å². The molecule has 4 heteroatoms. The molecule has 4 N–H and O–H groups in total. The molecule has 21 heavy (non-hydrogen) atoms. The maximum absolute atomic E-state index is 11.1. The van der Waals surface area contributed by atoms with Crippen molar-refractivity contribution < 1.29 is 15.0 Å². The van der Waals surface area contributed by atoms with Crippen LogP contribution in [0.2, 0.25) is 0 Å². The maximum atomic E-state index is 11.1. The molecule has 2 atom stereocenters. The number of carbonyl (C=O) groups excluding carboxylic acids is 1. The Labute approximate surface area is 127 Å². The Morgan fingerprint density at radius 1 is 0.952 bits per heavy atom. The molecule has 0 heterocycles. The van der Waals surface area contributed by atoms with Gasteiger partial charge in [0.05, 0.1) is 0 Å². The predicted molar refractivity (Wildman–Crippen MR) is 84.0 cm³/mol. The van der Waals surface area contributed by atoms with E-state index in [4.69, 9.17) is 5.73 Å². The molecule has 0 saturated heterocycles. The summed E-state index contributed by atoms with van der Waals surface area (Å²) >= 11 is 0. The second kappa shape index (κ2) is 5.78. The summed E-state index contributed by atoms with van der Waals surface area (Å²) in [4.78, 5) is 11.1. The standard InChI is InChI=1S/C17H27NO3/c1-16(2,3)11-7-10(13(19)14(20)15(18)21)8-12(9-11)17(4,5)6/h7-9,13-14,19-20H,1-6H3,(H2,18,21). The Morgan fingerprint density at radius 2 is 1.33 bits per heavy atom. The first-order valence-electron chi connectivity index (χ1n) is 7.15. The number of aliphatic hydroxyl groups excluding tert-OH is 2. The first kappa shape index (κ1) is 17.7. The molecular formula is C17H27NO3. The molecule has 1 amide bonds. The van der Waals surface area contributed by atoms with Crippen molar-refractivity contribution in [3.05, 3.63) is 34.9 Å². The predicted octanol–water partition coefficient (Wildman–Crippen LogP) is 2.16. The molecule has 0 bridgehead atoms. The van der Waals surface area contributed by atoms with Gasteiger partial charge in [-0.1, -0.05) is 59.7 Å². The molecule has 0 fully saturated rings. The molecule has 0 aromatic heterocycles. The Balaban J connectivity index is 3.42. The molecule has 0 radical (unpaired) electrons. The average molecular weight is 293 g/mol. The second-order valence-electron chi connectivity index (χ2n) is 7.64. The van der Waals surface area contributed by atoms with Crippen LogP contribution in [0.1, 0.15) is 64.3 Å². The van der Waals surface area contributed by atoms with Crippen LogP contribution in [0.25, 0.3) is 0 Å². The van der Waals surface area contributed by atoms with Gasteiger partial charge in [-0.3, -0.25) is 4.79 Å². The number of hydrogen-bond donors (Lipinski definition) is 3. The lowest BCUT2D eigenvalue weighted by atomic mass is 9.79. The molecule has 1 aromatic rings. The summed E-state index contributed by atoms with van der Waals surface area (Å²) < 4.78 is 0. The van der Waals surface area contributed by atoms with Crippen molar-refractivity contribution in [3.8, 4) is 0 Å². The zero-order valence-electron chi connectivity index (χ0n) is 13.8. The molecule has 2 unspecified atom stereocenters. The van der Waals surface area contributed by atoms with E-state index < -0.39 is 18.1 Å². The van der Waals surface area contributed by atoms with Crippen molar-refractivity contribution in [2.45, 2.75) is 64.6 Å². The van der Waals surface area contributed by atoms with Crippen molar-refractivity contribution >= 4 is 5.91 Å². The zero-order chi connectivity index (χ0) is 16.6. The molecule has 0 aliphatic carbocycles. The Kier molecular flexibility index (Phi) is 4.86. The molecule has 4 nitrogen and oxygen atoms in total. The summed E-state index contributed by atoms with van der Waals surface area (Å²) in [5.41, 5.74) is 7.46. The molecule has 118 valence electrons. The number of carbonyl (C=O) groups is 1. The minimum atomic E-state index is -1.60. The highest BCUT2D eigenvalue weighted by atomic mass is 16.3. The van der Waals surface area contributed by atoms with Crippen molar-refractivity contribution in [1.29, 1.82) is 0 Å². The molecule has 0 aliphatic heterocycles. The van der Waals surface area contributed by atoms with Gasteiger partial charge in [-0.15, -0.1) is 0 Å². The van der Waals surface area contributed by atoms with E-state index in [0.29, 0.717) is 5.56 Å². The number of hydrogen-bond acceptors (Lipinski definition) is 3. The number of primary amides is 1. The van der Waals surface area contributed by atoms with Crippen LogP contribution in [0.15, 0.2) is 18.2 Å². The van der Waals surface area contributed by atoms with Gasteiger partial charge in [-0.25, -0.2) is 0 Å². The monoisotopic (exact) mass is 293 g/mol. The third-order valence-corrected chi connectivity index (χ3v) is 3.62. The number of benzene rings is 1. The Hall–Kier alpha value is -1.39. The first-order valence-corrected chi connectivity index (χ1v) is 7.15. The third kappa shape index (κ3) is 4.29. The van der Waals surface area contributed by atoms with Crippen molar-refractivity contribution in [3.63, 3.8) is 0 Å². The SMILES string of the molecule is CC(C)(C)c1cc(C(O)C(O)C(N)=O)cc(C(C)(C)C)c1. The lowest BCUT2D eigenvalue weighted by molar-refractivity contribution is -0.131. The van der Waals surface area contributed by atoms with Crippen LogP contribution in [0.4, 0.5) is 0 Å². The molecular weight excluding hydrogens is 266 g/mol. The molecule has 0 saturated carbocycles. The molecule has 0 aliphatic rings. The summed E-state index contributed by atoms with van der Waals surface area (Å²) in [6, 6.07) is 5.75. The molecule has 1 aromatic carbocycles. The second-order valence-corrected chi connectivity index (χ2v) is 7.64. The minimum Gasteiger partial charge on any atom is -0.385 e. The summed E-state index contributed by atoms with van der Waals surface area (Å²) in [6.45, 7) is 12.5. The quantitative estimate of drug-likeness (QED) is 0.798. The summed E-state index contributed by atoms with van der Waals surface area (Å²) in [5, 5.41) is 19.9. The average Bonchev–Trinajstić information content (AvgIpc) is 2.34. The fraction of sp³-hybridized carbons (Fsp3) is 0.588. The van der Waals surface area contributed by atoms with E-state index >= 15 is 0 Å². The lowest BCUT2D eigenvalue weighted by Crippen LogP contribution is -2.34. The number of amides is 1. The summed E-state index contributed by atoms with van der Waals surface area (Å²) in [6.07, 6.45) is -2.92. The van der Waals surface area contributed by atoms with Gasteiger partial charge < -0.3 is 15.9 Å². The van der Waals surface area contributed by atoms with E-state index in [1.807, 2.05) is 12.1 Å². The Morgan fingerprint density at radius 3 is 1.62 bits per heavy atom. The van der Waals surface area contributed by atoms with E-state index in [-0.39, 0.29) is 10.8 Å². The van der Waals surface area contributed by atoms with Crippen LogP contribution < -0.4 is 5.73 Å². The number of nitrogens with two attached hydrogens (primary N) is 1. The number of aliphatic hydroxyl groups is 2.